The predicted molar refractivity (Wildman–Crippen MR) is 184 cm³/mol. The summed E-state index contributed by atoms with van der Waals surface area (Å²) >= 11 is 0. The number of rotatable bonds is 11. The smallest absolute Gasteiger partial charge is 0.187 e. The van der Waals surface area contributed by atoms with Gasteiger partial charge in [0.2, 0.25) is 0 Å². The standard InChI is InChI=1S/C38H66O14/c1-18(2)24(50-34-31(29(45)25(16-39)51-34)52-33-30(48-6)28(44)23(42)17-49-33)8-7-19(3)21-13-22(41)32-35(21,4)11-10-26-36(5)12-9-20(40)14-38(36,47)27(43)15-37(26,32)46/h18-34,39-47H,7-17H2,1-6H3/t19-,20+,21-,22+,23?,24+,25?,26?,27-,28?,29?,30?,31?,32?,33?,34?,35-,36-,37+,38+/m1/s1. The summed E-state index contributed by atoms with van der Waals surface area (Å²) < 4.78 is 29.5. The van der Waals surface area contributed by atoms with Crippen LogP contribution in [-0.4, -0.2) is 151 Å². The van der Waals surface area contributed by atoms with Gasteiger partial charge in [0.25, 0.3) is 0 Å². The van der Waals surface area contributed by atoms with Crippen molar-refractivity contribution in [2.75, 3.05) is 20.3 Å². The third-order valence-electron chi connectivity index (χ3n) is 15.0. The van der Waals surface area contributed by atoms with E-state index in [2.05, 4.69) is 13.8 Å². The first kappa shape index (κ1) is 41.1. The van der Waals surface area contributed by atoms with Crippen molar-refractivity contribution in [3.63, 3.8) is 0 Å². The maximum Gasteiger partial charge on any atom is 0.187 e. The fraction of sp³-hybridized carbons (Fsp3) is 1.00. The molecule has 6 fully saturated rings. The van der Waals surface area contributed by atoms with E-state index in [1.807, 2.05) is 20.8 Å². The molecule has 14 nitrogen and oxygen atoms in total. The normalized spacial score (nSPS) is 53.3. The van der Waals surface area contributed by atoms with Gasteiger partial charge in [0.1, 0.15) is 36.6 Å². The Labute approximate surface area is 307 Å². The number of aliphatic hydroxyl groups is 9. The molecule has 6 rings (SSSR count). The lowest BCUT2D eigenvalue weighted by atomic mass is 9.40. The van der Waals surface area contributed by atoms with Gasteiger partial charge in [-0.05, 0) is 74.0 Å². The van der Waals surface area contributed by atoms with Crippen molar-refractivity contribution < 1.29 is 69.6 Å². The van der Waals surface area contributed by atoms with Crippen LogP contribution in [0.2, 0.25) is 0 Å². The molecular weight excluding hydrogens is 680 g/mol. The summed E-state index contributed by atoms with van der Waals surface area (Å²) in [6.45, 7) is 9.67. The van der Waals surface area contributed by atoms with Crippen molar-refractivity contribution in [2.45, 2.75) is 177 Å². The van der Waals surface area contributed by atoms with Gasteiger partial charge in [-0.1, -0.05) is 34.6 Å². The molecule has 0 aromatic heterocycles. The highest BCUT2D eigenvalue weighted by atomic mass is 16.8. The molecule has 20 atom stereocenters. The van der Waals surface area contributed by atoms with Crippen LogP contribution in [0.1, 0.15) is 92.4 Å². The molecule has 2 saturated heterocycles. The Balaban J connectivity index is 1.14. The average molecular weight is 747 g/mol. The lowest BCUT2D eigenvalue weighted by Crippen LogP contribution is -2.75. The van der Waals surface area contributed by atoms with Crippen LogP contribution in [0, 0.1) is 40.4 Å². The molecule has 0 aromatic carbocycles. The molecule has 0 aromatic rings. The highest BCUT2D eigenvalue weighted by Gasteiger charge is 2.74. The molecule has 302 valence electrons. The monoisotopic (exact) mass is 746 g/mol. The van der Waals surface area contributed by atoms with Crippen molar-refractivity contribution in [3.05, 3.63) is 0 Å². The maximum atomic E-state index is 12.6. The molecule has 2 heterocycles. The van der Waals surface area contributed by atoms with E-state index in [1.165, 1.54) is 7.11 Å². The third-order valence-corrected chi connectivity index (χ3v) is 15.0. The lowest BCUT2D eigenvalue weighted by Gasteiger charge is -2.68. The minimum Gasteiger partial charge on any atom is -0.394 e. The second-order valence-corrected chi connectivity index (χ2v) is 18.2. The molecule has 0 radical (unpaired) electrons. The Morgan fingerprint density at radius 2 is 1.56 bits per heavy atom. The van der Waals surface area contributed by atoms with Gasteiger partial charge in [0.05, 0.1) is 48.8 Å². The Hall–Kier alpha value is -0.560. The van der Waals surface area contributed by atoms with Crippen LogP contribution in [-0.2, 0) is 23.7 Å². The van der Waals surface area contributed by atoms with Crippen molar-refractivity contribution in [1.29, 1.82) is 0 Å². The number of fused-ring (bicyclic) bond motifs is 5. The molecule has 10 unspecified atom stereocenters. The van der Waals surface area contributed by atoms with Gasteiger partial charge in [0, 0.05) is 31.3 Å². The van der Waals surface area contributed by atoms with Crippen molar-refractivity contribution >= 4 is 0 Å². The molecule has 14 heteroatoms. The zero-order valence-corrected chi connectivity index (χ0v) is 31.7. The van der Waals surface area contributed by atoms with E-state index in [1.54, 1.807) is 0 Å². The highest BCUT2D eigenvalue weighted by Crippen LogP contribution is 2.70. The minimum atomic E-state index is -1.50. The molecular formula is C38H66O14. The van der Waals surface area contributed by atoms with Crippen LogP contribution >= 0.6 is 0 Å². The first-order valence-electron chi connectivity index (χ1n) is 19.6. The summed E-state index contributed by atoms with van der Waals surface area (Å²) in [5, 5.41) is 99.6. The van der Waals surface area contributed by atoms with Crippen molar-refractivity contribution in [1.82, 2.24) is 0 Å². The molecule has 0 amide bonds. The van der Waals surface area contributed by atoms with E-state index < -0.39 is 102 Å². The first-order chi connectivity index (χ1) is 24.4. The SMILES string of the molecule is COC1C(OC2C(O[C@@H](CC[C@@H](C)[C@H]3C[C@H](O)C4[C@]5(O)C[C@@H](O)[C@@]6(O)C[C@@H](O)CC[C@]6(C)C5CC[C@@]43C)C(C)C)OC(CO)C2O)OCC(O)C1O. The number of methoxy groups -OCH3 is 1. The van der Waals surface area contributed by atoms with E-state index in [-0.39, 0.29) is 49.2 Å². The summed E-state index contributed by atoms with van der Waals surface area (Å²) in [5.41, 5.74) is -4.09. The van der Waals surface area contributed by atoms with Gasteiger partial charge in [0.15, 0.2) is 12.6 Å². The molecule has 0 spiro atoms. The second-order valence-electron chi connectivity index (χ2n) is 18.2. The van der Waals surface area contributed by atoms with Crippen LogP contribution in [0.25, 0.3) is 0 Å². The molecule has 2 aliphatic heterocycles. The van der Waals surface area contributed by atoms with E-state index in [0.717, 1.165) is 12.8 Å². The molecule has 4 aliphatic carbocycles. The van der Waals surface area contributed by atoms with Gasteiger partial charge in [-0.3, -0.25) is 0 Å². The molecule has 6 aliphatic rings. The topological polar surface area (TPSA) is 228 Å². The predicted octanol–water partition coefficient (Wildman–Crippen LogP) is 0.192. The van der Waals surface area contributed by atoms with Crippen LogP contribution in [0.15, 0.2) is 0 Å². The van der Waals surface area contributed by atoms with Crippen LogP contribution in [0.5, 0.6) is 0 Å². The molecule has 0 bridgehead atoms. The number of hydrogen-bond donors (Lipinski definition) is 9. The minimum absolute atomic E-state index is 0.0299. The van der Waals surface area contributed by atoms with Gasteiger partial charge < -0.3 is 69.6 Å². The maximum absolute atomic E-state index is 12.6. The quantitative estimate of drug-likeness (QED) is 0.138. The summed E-state index contributed by atoms with van der Waals surface area (Å²) in [5.74, 6) is -0.584. The summed E-state index contributed by atoms with van der Waals surface area (Å²) in [6, 6.07) is 0. The van der Waals surface area contributed by atoms with E-state index in [4.69, 9.17) is 23.7 Å². The number of aliphatic hydroxyl groups excluding tert-OH is 7. The van der Waals surface area contributed by atoms with Gasteiger partial charge >= 0.3 is 0 Å². The van der Waals surface area contributed by atoms with Crippen LogP contribution in [0.3, 0.4) is 0 Å². The Bertz CT molecular complexity index is 1230. The molecule has 9 N–H and O–H groups in total. The molecule has 4 saturated carbocycles. The molecule has 52 heavy (non-hydrogen) atoms. The first-order valence-corrected chi connectivity index (χ1v) is 19.6. The van der Waals surface area contributed by atoms with Crippen LogP contribution in [0.4, 0.5) is 0 Å². The Morgan fingerprint density at radius 3 is 2.21 bits per heavy atom. The average Bonchev–Trinajstić information content (AvgIpc) is 3.53. The number of ether oxygens (including phenoxy) is 5. The van der Waals surface area contributed by atoms with E-state index in [9.17, 15) is 46.0 Å². The zero-order chi connectivity index (χ0) is 38.1. The summed E-state index contributed by atoms with van der Waals surface area (Å²) in [6.07, 6.45) is -7.77. The van der Waals surface area contributed by atoms with Gasteiger partial charge in [-0.25, -0.2) is 0 Å². The van der Waals surface area contributed by atoms with Gasteiger partial charge in [-0.2, -0.15) is 0 Å². The summed E-state index contributed by atoms with van der Waals surface area (Å²) in [4.78, 5) is 0. The van der Waals surface area contributed by atoms with Crippen LogP contribution < -0.4 is 0 Å². The lowest BCUT2D eigenvalue weighted by molar-refractivity contribution is -0.315. The third kappa shape index (κ3) is 6.61. The largest absolute Gasteiger partial charge is 0.394 e. The Morgan fingerprint density at radius 1 is 0.846 bits per heavy atom. The van der Waals surface area contributed by atoms with E-state index >= 15 is 0 Å². The second kappa shape index (κ2) is 15.1. The van der Waals surface area contributed by atoms with E-state index in [0.29, 0.717) is 32.1 Å². The van der Waals surface area contributed by atoms with Crippen molar-refractivity contribution in [2.24, 2.45) is 40.4 Å². The summed E-state index contributed by atoms with van der Waals surface area (Å²) in [7, 11) is 1.35. The highest BCUT2D eigenvalue weighted by molar-refractivity contribution is 5.24. The number of hydrogen-bond acceptors (Lipinski definition) is 14. The fourth-order valence-corrected chi connectivity index (χ4v) is 12.1. The zero-order valence-electron chi connectivity index (χ0n) is 31.7. The van der Waals surface area contributed by atoms with Crippen molar-refractivity contribution in [3.8, 4) is 0 Å². The fourth-order valence-electron chi connectivity index (χ4n) is 12.1. The van der Waals surface area contributed by atoms with Gasteiger partial charge in [-0.15, -0.1) is 0 Å². The Kier molecular flexibility index (Phi) is 11.9.